The SMILES string of the molecule is CCN(CC)c1ccc2cc(C(C)=Nc3ccc(C)cc3C)c(=O)oc2c1.S. The number of hydrogen-bond donors (Lipinski definition) is 0. The van der Waals surface area contributed by atoms with Crippen molar-refractivity contribution in [3.63, 3.8) is 0 Å². The maximum absolute atomic E-state index is 12.6. The first-order valence-electron chi connectivity index (χ1n) is 9.38. The minimum atomic E-state index is -0.356. The molecule has 1 heterocycles. The molecule has 3 rings (SSSR count). The van der Waals surface area contributed by atoms with Crippen LogP contribution < -0.4 is 10.5 Å². The maximum Gasteiger partial charge on any atom is 0.345 e. The first-order valence-corrected chi connectivity index (χ1v) is 9.38. The third kappa shape index (κ3) is 4.47. The highest BCUT2D eigenvalue weighted by Gasteiger charge is 2.11. The fourth-order valence-corrected chi connectivity index (χ4v) is 3.31. The quantitative estimate of drug-likeness (QED) is 0.422. The molecular formula is C23H28N2O2S. The van der Waals surface area contributed by atoms with Crippen molar-refractivity contribution in [3.05, 3.63) is 69.6 Å². The van der Waals surface area contributed by atoms with Crippen LogP contribution in [0.4, 0.5) is 11.4 Å². The Hall–Kier alpha value is -2.53. The molecule has 0 saturated heterocycles. The lowest BCUT2D eigenvalue weighted by Gasteiger charge is -2.21. The van der Waals surface area contributed by atoms with Gasteiger partial charge in [0.05, 0.1) is 17.0 Å². The molecule has 0 fully saturated rings. The Morgan fingerprint density at radius 1 is 1.04 bits per heavy atom. The molecule has 0 unspecified atom stereocenters. The van der Waals surface area contributed by atoms with Gasteiger partial charge in [-0.2, -0.15) is 13.5 Å². The molecule has 0 radical (unpaired) electrons. The highest BCUT2D eigenvalue weighted by Crippen LogP contribution is 2.24. The van der Waals surface area contributed by atoms with Gasteiger partial charge in [0.1, 0.15) is 5.58 Å². The summed E-state index contributed by atoms with van der Waals surface area (Å²) in [4.78, 5) is 19.4. The zero-order valence-corrected chi connectivity index (χ0v) is 18.2. The van der Waals surface area contributed by atoms with Crippen LogP contribution >= 0.6 is 13.5 Å². The van der Waals surface area contributed by atoms with Crippen molar-refractivity contribution in [1.82, 2.24) is 0 Å². The van der Waals surface area contributed by atoms with E-state index in [1.807, 2.05) is 44.2 Å². The van der Waals surface area contributed by atoms with Crippen molar-refractivity contribution < 1.29 is 4.42 Å². The van der Waals surface area contributed by atoms with Crippen molar-refractivity contribution in [1.29, 1.82) is 0 Å². The van der Waals surface area contributed by atoms with Crippen LogP contribution in [0.5, 0.6) is 0 Å². The topological polar surface area (TPSA) is 45.8 Å². The van der Waals surface area contributed by atoms with Gasteiger partial charge < -0.3 is 9.32 Å². The van der Waals surface area contributed by atoms with Gasteiger partial charge in [0, 0.05) is 30.2 Å². The van der Waals surface area contributed by atoms with Crippen LogP contribution in [0.3, 0.4) is 0 Å². The van der Waals surface area contributed by atoms with Crippen LogP contribution in [0.15, 0.2) is 56.7 Å². The first kappa shape index (κ1) is 21.8. The fraction of sp³-hybridized carbons (Fsp3) is 0.304. The van der Waals surface area contributed by atoms with Crippen LogP contribution in [0, 0.1) is 13.8 Å². The van der Waals surface area contributed by atoms with Gasteiger partial charge in [-0.3, -0.25) is 4.99 Å². The number of aryl methyl sites for hydroxylation is 2. The largest absolute Gasteiger partial charge is 0.422 e. The third-order valence-corrected chi connectivity index (χ3v) is 4.88. The molecule has 0 aliphatic heterocycles. The summed E-state index contributed by atoms with van der Waals surface area (Å²) >= 11 is 0. The number of fused-ring (bicyclic) bond motifs is 1. The molecule has 0 saturated carbocycles. The van der Waals surface area contributed by atoms with Crippen LogP contribution in [0.1, 0.15) is 37.5 Å². The molecular weight excluding hydrogens is 368 g/mol. The fourth-order valence-electron chi connectivity index (χ4n) is 3.31. The second kappa shape index (κ2) is 9.11. The smallest absolute Gasteiger partial charge is 0.345 e. The summed E-state index contributed by atoms with van der Waals surface area (Å²) in [6, 6.07) is 14.0. The molecule has 0 aliphatic carbocycles. The molecule has 28 heavy (non-hydrogen) atoms. The number of rotatable bonds is 5. The third-order valence-electron chi connectivity index (χ3n) is 4.88. The number of nitrogens with zero attached hydrogens (tertiary/aromatic N) is 2. The molecule has 2 aromatic carbocycles. The summed E-state index contributed by atoms with van der Waals surface area (Å²) in [6.45, 7) is 12.0. The number of anilines is 1. The summed E-state index contributed by atoms with van der Waals surface area (Å²) in [7, 11) is 0. The van der Waals surface area contributed by atoms with E-state index >= 15 is 0 Å². The number of aliphatic imine (C=N–C) groups is 1. The highest BCUT2D eigenvalue weighted by molar-refractivity contribution is 7.59. The van der Waals surface area contributed by atoms with Gasteiger partial charge in [0.2, 0.25) is 0 Å². The lowest BCUT2D eigenvalue weighted by Crippen LogP contribution is -2.21. The van der Waals surface area contributed by atoms with Crippen molar-refractivity contribution in [2.75, 3.05) is 18.0 Å². The summed E-state index contributed by atoms with van der Waals surface area (Å²) in [6.07, 6.45) is 0. The van der Waals surface area contributed by atoms with Crippen molar-refractivity contribution in [2.24, 2.45) is 4.99 Å². The summed E-state index contributed by atoms with van der Waals surface area (Å²) < 4.78 is 5.62. The minimum absolute atomic E-state index is 0. The average Bonchev–Trinajstić information content (AvgIpc) is 2.64. The van der Waals surface area contributed by atoms with E-state index in [0.717, 1.165) is 35.4 Å². The molecule has 4 nitrogen and oxygen atoms in total. The molecule has 0 amide bonds. The maximum atomic E-state index is 12.6. The number of hydrogen-bond acceptors (Lipinski definition) is 4. The van der Waals surface area contributed by atoms with Gasteiger partial charge in [-0.05, 0) is 64.4 Å². The number of benzene rings is 2. The molecule has 0 spiro atoms. The molecule has 0 atom stereocenters. The van der Waals surface area contributed by atoms with Crippen LogP contribution in [0.2, 0.25) is 0 Å². The lowest BCUT2D eigenvalue weighted by atomic mass is 10.1. The molecule has 148 valence electrons. The molecule has 0 N–H and O–H groups in total. The standard InChI is InChI=1S/C23H26N2O2.H2S/c1-6-25(7-2)19-10-9-18-13-20(23(26)27-22(18)14-19)17(5)24-21-11-8-15(3)12-16(21)4;/h8-14H,6-7H2,1-5H3;1H2. The second-order valence-electron chi connectivity index (χ2n) is 6.83. The van der Waals surface area contributed by atoms with Gasteiger partial charge in [0.25, 0.3) is 0 Å². The van der Waals surface area contributed by atoms with E-state index < -0.39 is 0 Å². The Kier molecular flexibility index (Phi) is 7.08. The molecule has 1 aromatic heterocycles. The average molecular weight is 397 g/mol. The predicted octanol–water partition coefficient (Wildman–Crippen LogP) is 5.51. The van der Waals surface area contributed by atoms with Gasteiger partial charge >= 0.3 is 5.63 Å². The van der Waals surface area contributed by atoms with Crippen LogP contribution in [-0.2, 0) is 0 Å². The monoisotopic (exact) mass is 396 g/mol. The highest BCUT2D eigenvalue weighted by atomic mass is 32.1. The van der Waals surface area contributed by atoms with Gasteiger partial charge in [0.15, 0.2) is 0 Å². The molecule has 5 heteroatoms. The normalized spacial score (nSPS) is 11.4. The zero-order valence-electron chi connectivity index (χ0n) is 17.2. The first-order chi connectivity index (χ1) is 12.9. The van der Waals surface area contributed by atoms with Crippen molar-refractivity contribution >= 4 is 41.6 Å². The predicted molar refractivity (Wildman–Crippen MR) is 124 cm³/mol. The second-order valence-corrected chi connectivity index (χ2v) is 6.83. The molecule has 0 aliphatic rings. The molecule has 0 bridgehead atoms. The van der Waals surface area contributed by atoms with E-state index in [1.54, 1.807) is 0 Å². The van der Waals surface area contributed by atoms with Crippen molar-refractivity contribution in [2.45, 2.75) is 34.6 Å². The van der Waals surface area contributed by atoms with E-state index in [1.165, 1.54) is 5.56 Å². The van der Waals surface area contributed by atoms with Crippen LogP contribution in [-0.4, -0.2) is 18.8 Å². The Bertz CT molecular complexity index is 1070. The van der Waals surface area contributed by atoms with E-state index in [-0.39, 0.29) is 19.1 Å². The summed E-state index contributed by atoms with van der Waals surface area (Å²) in [5.74, 6) is 0. The van der Waals surface area contributed by atoms with E-state index in [9.17, 15) is 4.79 Å². The Morgan fingerprint density at radius 2 is 1.75 bits per heavy atom. The van der Waals surface area contributed by atoms with E-state index in [4.69, 9.17) is 4.42 Å². The Balaban J connectivity index is 0.00000280. The molecule has 3 aromatic rings. The summed E-state index contributed by atoms with van der Waals surface area (Å²) in [5, 5.41) is 0.899. The van der Waals surface area contributed by atoms with E-state index in [0.29, 0.717) is 16.9 Å². The Morgan fingerprint density at radius 3 is 2.39 bits per heavy atom. The van der Waals surface area contributed by atoms with Gasteiger partial charge in [-0.25, -0.2) is 4.79 Å². The van der Waals surface area contributed by atoms with Crippen molar-refractivity contribution in [3.8, 4) is 0 Å². The van der Waals surface area contributed by atoms with Gasteiger partial charge in [-0.15, -0.1) is 0 Å². The lowest BCUT2D eigenvalue weighted by molar-refractivity contribution is 0.559. The zero-order chi connectivity index (χ0) is 19.6. The Labute approximate surface area is 173 Å². The van der Waals surface area contributed by atoms with Gasteiger partial charge in [-0.1, -0.05) is 17.7 Å². The minimum Gasteiger partial charge on any atom is -0.422 e. The summed E-state index contributed by atoms with van der Waals surface area (Å²) in [5.41, 5.74) is 5.61. The van der Waals surface area contributed by atoms with E-state index in [2.05, 4.69) is 42.8 Å². The van der Waals surface area contributed by atoms with Crippen LogP contribution in [0.25, 0.3) is 11.0 Å².